The molecule has 1 heterocycles. The molecule has 0 aliphatic heterocycles. The fourth-order valence-corrected chi connectivity index (χ4v) is 1.61. The molecule has 19 heavy (non-hydrogen) atoms. The summed E-state index contributed by atoms with van der Waals surface area (Å²) in [4.78, 5) is 3.75. The lowest BCUT2D eigenvalue weighted by Gasteiger charge is -2.09. The lowest BCUT2D eigenvalue weighted by atomic mass is 10.2. The molecule has 0 saturated heterocycles. The maximum Gasteiger partial charge on any atom is 0.169 e. The topological polar surface area (TPSA) is 55.1 Å². The Balaban J connectivity index is 2.37. The van der Waals surface area contributed by atoms with Crippen molar-refractivity contribution in [1.82, 2.24) is 4.98 Å². The Labute approximate surface area is 114 Å². The van der Waals surface area contributed by atoms with Gasteiger partial charge in [-0.05, 0) is 12.1 Å². The highest BCUT2D eigenvalue weighted by Gasteiger charge is 2.12. The van der Waals surface area contributed by atoms with Gasteiger partial charge in [0.1, 0.15) is 23.1 Å². The quantitative estimate of drug-likeness (QED) is 0.806. The molecule has 0 aliphatic carbocycles. The fourth-order valence-electron chi connectivity index (χ4n) is 1.42. The van der Waals surface area contributed by atoms with Crippen LogP contribution in [-0.2, 0) is 0 Å². The average Bonchev–Trinajstić information content (AvgIpc) is 2.41. The number of aromatic nitrogens is 1. The molecule has 2 rings (SSSR count). The van der Waals surface area contributed by atoms with Gasteiger partial charge in [-0.3, -0.25) is 0 Å². The second-order valence-corrected chi connectivity index (χ2v) is 3.84. The first kappa shape index (κ1) is 13.1. The molecule has 0 aliphatic rings. The van der Waals surface area contributed by atoms with E-state index in [1.54, 1.807) is 6.07 Å². The Bertz CT molecular complexity index is 656. The third-order valence-electron chi connectivity index (χ3n) is 2.34. The van der Waals surface area contributed by atoms with Gasteiger partial charge in [0.05, 0.1) is 7.11 Å². The van der Waals surface area contributed by atoms with Gasteiger partial charge in [-0.25, -0.2) is 9.37 Å². The Hall–Kier alpha value is -2.32. The lowest BCUT2D eigenvalue weighted by Crippen LogP contribution is -1.94. The summed E-state index contributed by atoms with van der Waals surface area (Å²) in [5.41, 5.74) is 0.0550. The van der Waals surface area contributed by atoms with Gasteiger partial charge in [-0.1, -0.05) is 11.6 Å². The standard InChI is InChI=1S/C13H8ClFN2O2/c1-18-8-2-3-12(10(15)6-8)19-11-4-5-17-13(14)9(11)7-16/h2-6H,1H3. The molecular formula is C13H8ClFN2O2. The van der Waals surface area contributed by atoms with Crippen molar-refractivity contribution in [3.05, 3.63) is 47.0 Å². The van der Waals surface area contributed by atoms with Gasteiger partial charge in [0, 0.05) is 18.3 Å². The Morgan fingerprint density at radius 1 is 1.32 bits per heavy atom. The zero-order valence-electron chi connectivity index (χ0n) is 9.85. The van der Waals surface area contributed by atoms with Gasteiger partial charge >= 0.3 is 0 Å². The van der Waals surface area contributed by atoms with Crippen LogP contribution in [0, 0.1) is 17.1 Å². The highest BCUT2D eigenvalue weighted by Crippen LogP contribution is 2.31. The fraction of sp³-hybridized carbons (Fsp3) is 0.0769. The summed E-state index contributed by atoms with van der Waals surface area (Å²) in [7, 11) is 1.44. The van der Waals surface area contributed by atoms with Crippen molar-refractivity contribution in [3.63, 3.8) is 0 Å². The van der Waals surface area contributed by atoms with Gasteiger partial charge in [0.15, 0.2) is 16.7 Å². The number of hydrogen-bond donors (Lipinski definition) is 0. The molecule has 96 valence electrons. The summed E-state index contributed by atoms with van der Waals surface area (Å²) >= 11 is 5.76. The molecule has 6 heteroatoms. The Morgan fingerprint density at radius 3 is 2.74 bits per heavy atom. The number of halogens is 2. The number of hydrogen-bond acceptors (Lipinski definition) is 4. The van der Waals surface area contributed by atoms with Crippen LogP contribution in [0.3, 0.4) is 0 Å². The van der Waals surface area contributed by atoms with Crippen LogP contribution in [-0.4, -0.2) is 12.1 Å². The van der Waals surface area contributed by atoms with Crippen LogP contribution in [0.1, 0.15) is 5.56 Å². The molecule has 0 saturated carbocycles. The average molecular weight is 279 g/mol. The highest BCUT2D eigenvalue weighted by atomic mass is 35.5. The van der Waals surface area contributed by atoms with E-state index in [0.717, 1.165) is 0 Å². The van der Waals surface area contributed by atoms with Gasteiger partial charge in [-0.2, -0.15) is 5.26 Å². The molecule has 0 atom stereocenters. The highest BCUT2D eigenvalue weighted by molar-refractivity contribution is 6.30. The van der Waals surface area contributed by atoms with Gasteiger partial charge in [0.2, 0.25) is 0 Å². The molecule has 0 amide bonds. The number of benzene rings is 1. The van der Waals surface area contributed by atoms with E-state index in [1.807, 2.05) is 6.07 Å². The molecule has 0 unspecified atom stereocenters. The molecule has 0 radical (unpaired) electrons. The minimum absolute atomic E-state index is 0.00826. The Kier molecular flexibility index (Phi) is 3.83. The van der Waals surface area contributed by atoms with E-state index in [1.165, 1.54) is 31.5 Å². The Morgan fingerprint density at radius 2 is 2.11 bits per heavy atom. The van der Waals surface area contributed by atoms with Gasteiger partial charge < -0.3 is 9.47 Å². The van der Waals surface area contributed by atoms with Crippen molar-refractivity contribution >= 4 is 11.6 Å². The number of methoxy groups -OCH3 is 1. The summed E-state index contributed by atoms with van der Waals surface area (Å²) < 4.78 is 23.9. The summed E-state index contributed by atoms with van der Waals surface area (Å²) in [6.07, 6.45) is 1.37. The number of ether oxygens (including phenoxy) is 2. The van der Waals surface area contributed by atoms with Crippen molar-refractivity contribution in [2.45, 2.75) is 0 Å². The number of nitrogens with zero attached hydrogens (tertiary/aromatic N) is 2. The van der Waals surface area contributed by atoms with E-state index in [0.29, 0.717) is 5.75 Å². The van der Waals surface area contributed by atoms with Crippen LogP contribution in [0.4, 0.5) is 4.39 Å². The van der Waals surface area contributed by atoms with Crippen LogP contribution >= 0.6 is 11.6 Å². The molecule has 4 nitrogen and oxygen atoms in total. The van der Waals surface area contributed by atoms with Crippen LogP contribution < -0.4 is 9.47 Å². The van der Waals surface area contributed by atoms with E-state index in [-0.39, 0.29) is 22.2 Å². The first-order valence-corrected chi connectivity index (χ1v) is 5.59. The van der Waals surface area contributed by atoms with Crippen LogP contribution in [0.2, 0.25) is 5.15 Å². The van der Waals surface area contributed by atoms with Crippen LogP contribution in [0.5, 0.6) is 17.2 Å². The number of rotatable bonds is 3. The first-order chi connectivity index (χ1) is 9.15. The summed E-state index contributed by atoms with van der Waals surface area (Å²) in [5, 5.41) is 8.97. The normalized spacial score (nSPS) is 9.79. The van der Waals surface area contributed by atoms with Crippen molar-refractivity contribution in [3.8, 4) is 23.3 Å². The SMILES string of the molecule is COc1ccc(Oc2ccnc(Cl)c2C#N)c(F)c1. The molecule has 1 aromatic carbocycles. The van der Waals surface area contributed by atoms with E-state index < -0.39 is 5.82 Å². The van der Waals surface area contributed by atoms with Crippen molar-refractivity contribution in [1.29, 1.82) is 5.26 Å². The molecule has 0 N–H and O–H groups in total. The van der Waals surface area contributed by atoms with E-state index in [4.69, 9.17) is 26.3 Å². The van der Waals surface area contributed by atoms with E-state index in [9.17, 15) is 4.39 Å². The smallest absolute Gasteiger partial charge is 0.169 e. The molecule has 1 aromatic heterocycles. The minimum Gasteiger partial charge on any atom is -0.497 e. The summed E-state index contributed by atoms with van der Waals surface area (Å²) in [6, 6.07) is 7.44. The molecule has 0 fully saturated rings. The van der Waals surface area contributed by atoms with Crippen LogP contribution in [0.15, 0.2) is 30.5 Å². The minimum atomic E-state index is -0.601. The summed E-state index contributed by atoms with van der Waals surface area (Å²) in [6.45, 7) is 0. The second kappa shape index (κ2) is 5.55. The van der Waals surface area contributed by atoms with E-state index in [2.05, 4.69) is 4.98 Å². The predicted octanol–water partition coefficient (Wildman–Crippen LogP) is 3.55. The van der Waals surface area contributed by atoms with Crippen molar-refractivity contribution in [2.75, 3.05) is 7.11 Å². The molecule has 0 bridgehead atoms. The number of nitriles is 1. The van der Waals surface area contributed by atoms with Crippen LogP contribution in [0.25, 0.3) is 0 Å². The number of pyridine rings is 1. The zero-order valence-corrected chi connectivity index (χ0v) is 10.6. The predicted molar refractivity (Wildman–Crippen MR) is 67.0 cm³/mol. The van der Waals surface area contributed by atoms with E-state index >= 15 is 0 Å². The van der Waals surface area contributed by atoms with Crippen molar-refractivity contribution in [2.24, 2.45) is 0 Å². The van der Waals surface area contributed by atoms with Gasteiger partial charge in [-0.15, -0.1) is 0 Å². The maximum absolute atomic E-state index is 13.7. The zero-order chi connectivity index (χ0) is 13.8. The molecule has 2 aromatic rings. The first-order valence-electron chi connectivity index (χ1n) is 5.21. The van der Waals surface area contributed by atoms with Crippen molar-refractivity contribution < 1.29 is 13.9 Å². The molecular weight excluding hydrogens is 271 g/mol. The third-order valence-corrected chi connectivity index (χ3v) is 2.62. The monoisotopic (exact) mass is 278 g/mol. The second-order valence-electron chi connectivity index (χ2n) is 3.49. The lowest BCUT2D eigenvalue weighted by molar-refractivity contribution is 0.402. The largest absolute Gasteiger partial charge is 0.497 e. The third kappa shape index (κ3) is 2.75. The van der Waals surface area contributed by atoms with Gasteiger partial charge in [0.25, 0.3) is 0 Å². The maximum atomic E-state index is 13.7. The molecule has 0 spiro atoms. The summed E-state index contributed by atoms with van der Waals surface area (Å²) in [5.74, 6) is -0.111.